The van der Waals surface area contributed by atoms with Crippen LogP contribution in [0.15, 0.2) is 11.6 Å². The van der Waals surface area contributed by atoms with Gasteiger partial charge in [-0.3, -0.25) is 0 Å². The SMILES string of the molecule is C(=C1CNC1)C1CCC1. The van der Waals surface area contributed by atoms with Gasteiger partial charge >= 0.3 is 0 Å². The minimum absolute atomic E-state index is 0.960. The standard InChI is InChI=1S/C8H13N/c1-2-7(3-1)4-8-5-9-6-8/h4,7,9H,1-3,5-6H2. The van der Waals surface area contributed by atoms with E-state index in [1.165, 1.54) is 19.3 Å². The average Bonchev–Trinajstić information content (AvgIpc) is 1.57. The molecular formula is C8H13N. The van der Waals surface area contributed by atoms with Gasteiger partial charge in [0.05, 0.1) is 0 Å². The van der Waals surface area contributed by atoms with E-state index in [0.29, 0.717) is 0 Å². The average molecular weight is 123 g/mol. The maximum Gasteiger partial charge on any atom is 0.0180 e. The molecule has 0 aromatic carbocycles. The third kappa shape index (κ3) is 1.01. The minimum atomic E-state index is 0.960. The molecule has 2 fully saturated rings. The van der Waals surface area contributed by atoms with Gasteiger partial charge in [0.1, 0.15) is 0 Å². The van der Waals surface area contributed by atoms with Crippen molar-refractivity contribution in [3.63, 3.8) is 0 Å². The molecule has 1 nitrogen and oxygen atoms in total. The summed E-state index contributed by atoms with van der Waals surface area (Å²) in [6, 6.07) is 0. The second kappa shape index (κ2) is 2.14. The Labute approximate surface area is 56.1 Å². The molecule has 1 saturated heterocycles. The fourth-order valence-corrected chi connectivity index (χ4v) is 1.33. The Bertz CT molecular complexity index is 128. The predicted octanol–water partition coefficient (Wildman–Crippen LogP) is 1.32. The first kappa shape index (κ1) is 5.48. The number of allylic oxidation sites excluding steroid dienone is 1. The van der Waals surface area contributed by atoms with Crippen molar-refractivity contribution >= 4 is 0 Å². The second-order valence-corrected chi connectivity index (χ2v) is 3.12. The lowest BCUT2D eigenvalue weighted by Crippen LogP contribution is -2.34. The molecule has 1 aliphatic carbocycles. The largest absolute Gasteiger partial charge is 0.309 e. The highest BCUT2D eigenvalue weighted by Crippen LogP contribution is 2.28. The van der Waals surface area contributed by atoms with E-state index < -0.39 is 0 Å². The van der Waals surface area contributed by atoms with Crippen molar-refractivity contribution in [1.29, 1.82) is 0 Å². The number of hydrogen-bond donors (Lipinski definition) is 1. The summed E-state index contributed by atoms with van der Waals surface area (Å²) in [6.07, 6.45) is 6.83. The summed E-state index contributed by atoms with van der Waals surface area (Å²) in [4.78, 5) is 0. The van der Waals surface area contributed by atoms with E-state index in [-0.39, 0.29) is 0 Å². The van der Waals surface area contributed by atoms with Gasteiger partial charge in [0.2, 0.25) is 0 Å². The maximum absolute atomic E-state index is 3.25. The molecule has 0 unspecified atom stereocenters. The van der Waals surface area contributed by atoms with Crippen molar-refractivity contribution in [2.75, 3.05) is 13.1 Å². The molecule has 1 N–H and O–H groups in total. The van der Waals surface area contributed by atoms with Gasteiger partial charge in [0.15, 0.2) is 0 Å². The van der Waals surface area contributed by atoms with Crippen molar-refractivity contribution < 1.29 is 0 Å². The first-order chi connectivity index (χ1) is 4.45. The van der Waals surface area contributed by atoms with E-state index in [0.717, 1.165) is 19.0 Å². The molecule has 50 valence electrons. The van der Waals surface area contributed by atoms with E-state index in [1.807, 2.05) is 0 Å². The summed E-state index contributed by atoms with van der Waals surface area (Å²) in [5.74, 6) is 0.960. The van der Waals surface area contributed by atoms with Gasteiger partial charge in [0.25, 0.3) is 0 Å². The smallest absolute Gasteiger partial charge is 0.0180 e. The number of rotatable bonds is 1. The summed E-state index contributed by atoms with van der Waals surface area (Å²) in [5.41, 5.74) is 1.64. The van der Waals surface area contributed by atoms with Gasteiger partial charge in [-0.05, 0) is 24.3 Å². The molecule has 0 aromatic rings. The summed E-state index contributed by atoms with van der Waals surface area (Å²) in [7, 11) is 0. The normalized spacial score (nSPS) is 26.9. The molecule has 0 amide bonds. The van der Waals surface area contributed by atoms with Gasteiger partial charge in [-0.15, -0.1) is 0 Å². The first-order valence-electron chi connectivity index (χ1n) is 3.85. The van der Waals surface area contributed by atoms with Crippen molar-refractivity contribution in [2.24, 2.45) is 5.92 Å². The molecule has 1 aliphatic heterocycles. The topological polar surface area (TPSA) is 12.0 Å². The lowest BCUT2D eigenvalue weighted by Gasteiger charge is -2.26. The predicted molar refractivity (Wildman–Crippen MR) is 38.3 cm³/mol. The van der Waals surface area contributed by atoms with Gasteiger partial charge in [-0.25, -0.2) is 0 Å². The van der Waals surface area contributed by atoms with Crippen LogP contribution in [-0.2, 0) is 0 Å². The van der Waals surface area contributed by atoms with Gasteiger partial charge < -0.3 is 5.32 Å². The zero-order valence-corrected chi connectivity index (χ0v) is 5.69. The molecule has 1 heterocycles. The molecule has 1 heteroatoms. The van der Waals surface area contributed by atoms with Crippen LogP contribution in [0.4, 0.5) is 0 Å². The van der Waals surface area contributed by atoms with Crippen LogP contribution in [0.1, 0.15) is 19.3 Å². The van der Waals surface area contributed by atoms with E-state index >= 15 is 0 Å². The van der Waals surface area contributed by atoms with Crippen LogP contribution in [0.2, 0.25) is 0 Å². The number of hydrogen-bond acceptors (Lipinski definition) is 1. The van der Waals surface area contributed by atoms with Crippen molar-refractivity contribution in [3.8, 4) is 0 Å². The van der Waals surface area contributed by atoms with Crippen LogP contribution in [0.25, 0.3) is 0 Å². The summed E-state index contributed by atoms with van der Waals surface area (Å²) < 4.78 is 0. The zero-order valence-electron chi connectivity index (χ0n) is 5.69. The Morgan fingerprint density at radius 3 is 2.44 bits per heavy atom. The molecule has 0 atom stereocenters. The molecule has 9 heavy (non-hydrogen) atoms. The van der Waals surface area contributed by atoms with Crippen molar-refractivity contribution in [2.45, 2.75) is 19.3 Å². The Morgan fingerprint density at radius 1 is 1.33 bits per heavy atom. The van der Waals surface area contributed by atoms with Crippen LogP contribution >= 0.6 is 0 Å². The lowest BCUT2D eigenvalue weighted by atomic mass is 9.83. The van der Waals surface area contributed by atoms with E-state index in [9.17, 15) is 0 Å². The van der Waals surface area contributed by atoms with Crippen LogP contribution in [-0.4, -0.2) is 13.1 Å². The lowest BCUT2D eigenvalue weighted by molar-refractivity contribution is 0.382. The highest BCUT2D eigenvalue weighted by atomic mass is 14.9. The molecular weight excluding hydrogens is 110 g/mol. The quantitative estimate of drug-likeness (QED) is 0.518. The molecule has 0 aromatic heterocycles. The Morgan fingerprint density at radius 2 is 2.11 bits per heavy atom. The Kier molecular flexibility index (Phi) is 1.31. The fourth-order valence-electron chi connectivity index (χ4n) is 1.33. The summed E-state index contributed by atoms with van der Waals surface area (Å²) in [5, 5.41) is 3.25. The molecule has 0 bridgehead atoms. The highest BCUT2D eigenvalue weighted by molar-refractivity contribution is 5.16. The van der Waals surface area contributed by atoms with Crippen LogP contribution in [0.5, 0.6) is 0 Å². The van der Waals surface area contributed by atoms with E-state index in [2.05, 4.69) is 11.4 Å². The van der Waals surface area contributed by atoms with Crippen LogP contribution in [0.3, 0.4) is 0 Å². The molecule has 1 saturated carbocycles. The third-order valence-corrected chi connectivity index (χ3v) is 2.33. The fraction of sp³-hybridized carbons (Fsp3) is 0.750. The second-order valence-electron chi connectivity index (χ2n) is 3.12. The maximum atomic E-state index is 3.25. The van der Waals surface area contributed by atoms with Gasteiger partial charge in [-0.2, -0.15) is 0 Å². The zero-order chi connectivity index (χ0) is 6.10. The highest BCUT2D eigenvalue weighted by Gasteiger charge is 2.17. The van der Waals surface area contributed by atoms with Crippen LogP contribution < -0.4 is 5.32 Å². The first-order valence-corrected chi connectivity index (χ1v) is 3.85. The molecule has 2 aliphatic rings. The van der Waals surface area contributed by atoms with Gasteiger partial charge in [0, 0.05) is 13.1 Å². The summed E-state index contributed by atoms with van der Waals surface area (Å²) >= 11 is 0. The molecule has 0 spiro atoms. The molecule has 0 radical (unpaired) electrons. The monoisotopic (exact) mass is 123 g/mol. The van der Waals surface area contributed by atoms with E-state index in [1.54, 1.807) is 5.57 Å². The Balaban J connectivity index is 1.85. The summed E-state index contributed by atoms with van der Waals surface area (Å²) in [6.45, 7) is 2.33. The van der Waals surface area contributed by atoms with Crippen molar-refractivity contribution in [3.05, 3.63) is 11.6 Å². The number of nitrogens with one attached hydrogen (secondary N) is 1. The van der Waals surface area contributed by atoms with Gasteiger partial charge in [-0.1, -0.05) is 12.5 Å². The van der Waals surface area contributed by atoms with Crippen molar-refractivity contribution in [1.82, 2.24) is 5.32 Å². The minimum Gasteiger partial charge on any atom is -0.309 e. The van der Waals surface area contributed by atoms with Crippen LogP contribution in [0, 0.1) is 5.92 Å². The van der Waals surface area contributed by atoms with E-state index in [4.69, 9.17) is 0 Å². The third-order valence-electron chi connectivity index (χ3n) is 2.33. The Hall–Kier alpha value is -0.300. The molecule has 2 rings (SSSR count).